The average Bonchev–Trinajstić information content (AvgIpc) is 3.24. The van der Waals surface area contributed by atoms with Crippen LogP contribution in [0.2, 0.25) is 0 Å². The molecule has 0 radical (unpaired) electrons. The third-order valence-corrected chi connectivity index (χ3v) is 5.14. The molecule has 0 aliphatic carbocycles. The Bertz CT molecular complexity index is 1130. The van der Waals surface area contributed by atoms with E-state index < -0.39 is 0 Å². The van der Waals surface area contributed by atoms with Gasteiger partial charge in [0.15, 0.2) is 5.76 Å². The molecule has 29 heavy (non-hydrogen) atoms. The SMILES string of the molecule is Cc1ccc(CNC(=O)c2ccccc2-c2ncc(-c3ccc(Br)cc3)o2)cc1. The van der Waals surface area contributed by atoms with Gasteiger partial charge in [-0.15, -0.1) is 0 Å². The number of carbonyl (C=O) groups is 1. The third kappa shape index (κ3) is 4.46. The van der Waals surface area contributed by atoms with Crippen molar-refractivity contribution in [3.05, 3.63) is 100 Å². The van der Waals surface area contributed by atoms with Crippen molar-refractivity contribution in [3.8, 4) is 22.8 Å². The van der Waals surface area contributed by atoms with E-state index >= 15 is 0 Å². The molecule has 0 aliphatic heterocycles. The summed E-state index contributed by atoms with van der Waals surface area (Å²) >= 11 is 3.43. The number of nitrogens with zero attached hydrogens (tertiary/aromatic N) is 1. The molecule has 0 aliphatic rings. The number of oxazole rings is 1. The van der Waals surface area contributed by atoms with E-state index in [1.807, 2.05) is 73.7 Å². The van der Waals surface area contributed by atoms with Crippen molar-refractivity contribution in [2.75, 3.05) is 0 Å². The van der Waals surface area contributed by atoms with Gasteiger partial charge in [-0.2, -0.15) is 0 Å². The molecule has 4 aromatic rings. The second-order valence-electron chi connectivity index (χ2n) is 6.75. The van der Waals surface area contributed by atoms with Gasteiger partial charge in [-0.25, -0.2) is 4.98 Å². The van der Waals surface area contributed by atoms with Crippen molar-refractivity contribution >= 4 is 21.8 Å². The molecule has 0 unspecified atom stereocenters. The number of rotatable bonds is 5. The van der Waals surface area contributed by atoms with Gasteiger partial charge in [0.25, 0.3) is 5.91 Å². The summed E-state index contributed by atoms with van der Waals surface area (Å²) in [5.74, 6) is 0.913. The quantitative estimate of drug-likeness (QED) is 0.408. The number of hydrogen-bond acceptors (Lipinski definition) is 3. The number of hydrogen-bond donors (Lipinski definition) is 1. The zero-order valence-corrected chi connectivity index (χ0v) is 17.4. The van der Waals surface area contributed by atoms with Crippen LogP contribution in [0, 0.1) is 6.92 Å². The molecule has 5 heteroatoms. The van der Waals surface area contributed by atoms with Crippen LogP contribution >= 0.6 is 15.9 Å². The van der Waals surface area contributed by atoms with E-state index in [2.05, 4.69) is 26.2 Å². The standard InChI is InChI=1S/C24H19BrN2O2/c1-16-6-8-17(9-7-16)14-26-23(28)20-4-2-3-5-21(20)24-27-15-22(29-24)18-10-12-19(25)13-11-18/h2-13,15H,14H2,1H3,(H,26,28). The maximum atomic E-state index is 12.8. The van der Waals surface area contributed by atoms with E-state index in [1.165, 1.54) is 5.56 Å². The lowest BCUT2D eigenvalue weighted by Crippen LogP contribution is -2.23. The Morgan fingerprint density at radius 3 is 2.48 bits per heavy atom. The highest BCUT2D eigenvalue weighted by Crippen LogP contribution is 2.29. The maximum Gasteiger partial charge on any atom is 0.252 e. The summed E-state index contributed by atoms with van der Waals surface area (Å²) in [6, 6.07) is 23.2. The van der Waals surface area contributed by atoms with Gasteiger partial charge < -0.3 is 9.73 Å². The van der Waals surface area contributed by atoms with Crippen LogP contribution in [0.15, 0.2) is 87.9 Å². The van der Waals surface area contributed by atoms with Gasteiger partial charge in [0.1, 0.15) is 0 Å². The van der Waals surface area contributed by atoms with E-state index in [0.29, 0.717) is 29.3 Å². The number of benzene rings is 3. The lowest BCUT2D eigenvalue weighted by atomic mass is 10.1. The van der Waals surface area contributed by atoms with Crippen LogP contribution < -0.4 is 5.32 Å². The van der Waals surface area contributed by atoms with Crippen molar-refractivity contribution in [1.82, 2.24) is 10.3 Å². The Kier molecular flexibility index (Phi) is 5.58. The third-order valence-electron chi connectivity index (χ3n) is 4.61. The summed E-state index contributed by atoms with van der Waals surface area (Å²) in [6.07, 6.45) is 1.68. The topological polar surface area (TPSA) is 55.1 Å². The molecular formula is C24H19BrN2O2. The Hall–Kier alpha value is -3.18. The fourth-order valence-corrected chi connectivity index (χ4v) is 3.26. The first kappa shape index (κ1) is 19.2. The normalized spacial score (nSPS) is 10.7. The molecule has 3 aromatic carbocycles. The van der Waals surface area contributed by atoms with Gasteiger partial charge in [-0.05, 0) is 36.8 Å². The molecule has 1 aromatic heterocycles. The van der Waals surface area contributed by atoms with E-state index in [9.17, 15) is 4.79 Å². The van der Waals surface area contributed by atoms with Crippen LogP contribution in [-0.2, 0) is 6.54 Å². The van der Waals surface area contributed by atoms with Crippen molar-refractivity contribution in [2.24, 2.45) is 0 Å². The average molecular weight is 447 g/mol. The molecule has 0 fully saturated rings. The Morgan fingerprint density at radius 1 is 1.00 bits per heavy atom. The van der Waals surface area contributed by atoms with Gasteiger partial charge in [0, 0.05) is 22.1 Å². The Morgan fingerprint density at radius 2 is 1.72 bits per heavy atom. The van der Waals surface area contributed by atoms with Gasteiger partial charge >= 0.3 is 0 Å². The van der Waals surface area contributed by atoms with Crippen molar-refractivity contribution in [1.29, 1.82) is 0 Å². The highest BCUT2D eigenvalue weighted by Gasteiger charge is 2.16. The molecule has 0 saturated heterocycles. The Balaban J connectivity index is 1.56. The van der Waals surface area contributed by atoms with E-state index in [-0.39, 0.29) is 5.91 Å². The van der Waals surface area contributed by atoms with Gasteiger partial charge in [0.2, 0.25) is 5.89 Å². The first-order chi connectivity index (χ1) is 14.1. The summed E-state index contributed by atoms with van der Waals surface area (Å²) in [4.78, 5) is 17.2. The fourth-order valence-electron chi connectivity index (χ4n) is 3.00. The molecule has 4 rings (SSSR count). The van der Waals surface area contributed by atoms with Gasteiger partial charge in [-0.3, -0.25) is 4.79 Å². The summed E-state index contributed by atoms with van der Waals surface area (Å²) < 4.78 is 6.95. The molecule has 0 atom stereocenters. The molecule has 1 amide bonds. The summed E-state index contributed by atoms with van der Waals surface area (Å²) in [5.41, 5.74) is 4.36. The lowest BCUT2D eigenvalue weighted by Gasteiger charge is -2.08. The number of amides is 1. The summed E-state index contributed by atoms with van der Waals surface area (Å²) in [5, 5.41) is 2.98. The van der Waals surface area contributed by atoms with Crippen LogP contribution in [0.4, 0.5) is 0 Å². The second kappa shape index (κ2) is 8.45. The predicted octanol–water partition coefficient (Wildman–Crippen LogP) is 6.01. The van der Waals surface area contributed by atoms with Gasteiger partial charge in [-0.1, -0.05) is 70.0 Å². The minimum atomic E-state index is -0.162. The molecule has 144 valence electrons. The minimum absolute atomic E-state index is 0.162. The molecular weight excluding hydrogens is 428 g/mol. The molecule has 0 bridgehead atoms. The molecule has 4 nitrogen and oxygen atoms in total. The minimum Gasteiger partial charge on any atom is -0.436 e. The first-order valence-electron chi connectivity index (χ1n) is 9.25. The smallest absolute Gasteiger partial charge is 0.252 e. The van der Waals surface area contributed by atoms with Crippen molar-refractivity contribution < 1.29 is 9.21 Å². The fraction of sp³-hybridized carbons (Fsp3) is 0.0833. The largest absolute Gasteiger partial charge is 0.436 e. The number of aromatic nitrogens is 1. The van der Waals surface area contributed by atoms with Crippen LogP contribution in [0.3, 0.4) is 0 Å². The number of carbonyl (C=O) groups excluding carboxylic acids is 1. The summed E-state index contributed by atoms with van der Waals surface area (Å²) in [6.45, 7) is 2.50. The number of nitrogens with one attached hydrogen (secondary N) is 1. The van der Waals surface area contributed by atoms with Crippen molar-refractivity contribution in [2.45, 2.75) is 13.5 Å². The zero-order valence-electron chi connectivity index (χ0n) is 15.9. The Labute approximate surface area is 177 Å². The van der Waals surface area contributed by atoms with Gasteiger partial charge in [0.05, 0.1) is 11.8 Å². The summed E-state index contributed by atoms with van der Waals surface area (Å²) in [7, 11) is 0. The van der Waals surface area contributed by atoms with E-state index in [4.69, 9.17) is 4.42 Å². The molecule has 1 N–H and O–H groups in total. The second-order valence-corrected chi connectivity index (χ2v) is 7.67. The van der Waals surface area contributed by atoms with Crippen LogP contribution in [0.5, 0.6) is 0 Å². The maximum absolute atomic E-state index is 12.8. The van der Waals surface area contributed by atoms with Crippen LogP contribution in [-0.4, -0.2) is 10.9 Å². The number of aryl methyl sites for hydroxylation is 1. The van der Waals surface area contributed by atoms with Crippen LogP contribution in [0.1, 0.15) is 21.5 Å². The number of halogens is 1. The highest BCUT2D eigenvalue weighted by molar-refractivity contribution is 9.10. The van der Waals surface area contributed by atoms with E-state index in [1.54, 1.807) is 12.3 Å². The first-order valence-corrected chi connectivity index (χ1v) is 10.0. The molecule has 0 spiro atoms. The highest BCUT2D eigenvalue weighted by atomic mass is 79.9. The van der Waals surface area contributed by atoms with Crippen molar-refractivity contribution in [3.63, 3.8) is 0 Å². The predicted molar refractivity (Wildman–Crippen MR) is 117 cm³/mol. The lowest BCUT2D eigenvalue weighted by molar-refractivity contribution is 0.0951. The van der Waals surface area contributed by atoms with E-state index in [0.717, 1.165) is 15.6 Å². The molecule has 0 saturated carbocycles. The monoisotopic (exact) mass is 446 g/mol. The molecule has 1 heterocycles. The van der Waals surface area contributed by atoms with Crippen LogP contribution in [0.25, 0.3) is 22.8 Å². The zero-order chi connectivity index (χ0) is 20.2.